The van der Waals surface area contributed by atoms with Gasteiger partial charge in [0.1, 0.15) is 5.82 Å². The van der Waals surface area contributed by atoms with E-state index in [0.29, 0.717) is 30.1 Å². The van der Waals surface area contributed by atoms with Crippen LogP contribution in [0.25, 0.3) is 22.5 Å². The van der Waals surface area contributed by atoms with E-state index in [0.717, 1.165) is 60.6 Å². The largest absolute Gasteiger partial charge is 0.342 e. The maximum absolute atomic E-state index is 12.9. The smallest absolute Gasteiger partial charge is 0.257 e. The molecule has 0 spiro atoms. The zero-order chi connectivity index (χ0) is 25.5. The zero-order valence-electron chi connectivity index (χ0n) is 21.6. The number of aromatic amines is 1. The number of pyridine rings is 1. The summed E-state index contributed by atoms with van der Waals surface area (Å²) in [6, 6.07) is 10.7. The van der Waals surface area contributed by atoms with Gasteiger partial charge in [0, 0.05) is 61.5 Å². The molecule has 9 heteroatoms. The quantitative estimate of drug-likeness (QED) is 0.425. The summed E-state index contributed by atoms with van der Waals surface area (Å²) < 4.78 is 5.30. The Morgan fingerprint density at radius 1 is 1.11 bits per heavy atom. The van der Waals surface area contributed by atoms with Crippen LogP contribution in [-0.4, -0.2) is 66.0 Å². The Morgan fingerprint density at radius 3 is 2.73 bits per heavy atom. The maximum atomic E-state index is 12.9. The molecule has 4 aromatic rings. The normalized spacial score (nSPS) is 20.9. The second-order valence-electron chi connectivity index (χ2n) is 10.6. The number of rotatable bonds is 6. The Morgan fingerprint density at radius 2 is 1.97 bits per heavy atom. The molecular weight excluding hydrogens is 466 g/mol. The maximum Gasteiger partial charge on any atom is 0.257 e. The Labute approximate surface area is 216 Å². The highest BCUT2D eigenvalue weighted by Crippen LogP contribution is 2.30. The molecule has 1 aromatic carbocycles. The minimum absolute atomic E-state index is 0.238. The molecule has 1 aliphatic carbocycles. The topological polar surface area (TPSA) is 104 Å². The van der Waals surface area contributed by atoms with Crippen LogP contribution in [0.5, 0.6) is 0 Å². The van der Waals surface area contributed by atoms with Crippen LogP contribution < -0.4 is 0 Å². The van der Waals surface area contributed by atoms with E-state index < -0.39 is 0 Å². The van der Waals surface area contributed by atoms with Gasteiger partial charge in [-0.2, -0.15) is 4.98 Å². The molecule has 0 radical (unpaired) electrons. The molecule has 6 rings (SSSR count). The van der Waals surface area contributed by atoms with Crippen LogP contribution in [0, 0.1) is 12.8 Å². The van der Waals surface area contributed by atoms with Crippen molar-refractivity contribution in [1.82, 2.24) is 34.9 Å². The molecule has 2 aliphatic rings. The number of piperazine rings is 1. The average molecular weight is 500 g/mol. The molecule has 3 aromatic heterocycles. The van der Waals surface area contributed by atoms with Crippen molar-refractivity contribution in [3.05, 3.63) is 59.4 Å². The van der Waals surface area contributed by atoms with Crippen LogP contribution in [0.1, 0.15) is 56.0 Å². The number of carbonyl (C=O) groups is 1. The third kappa shape index (κ3) is 4.87. The van der Waals surface area contributed by atoms with Gasteiger partial charge in [0.15, 0.2) is 5.82 Å². The van der Waals surface area contributed by atoms with Gasteiger partial charge in [-0.15, -0.1) is 0 Å². The second kappa shape index (κ2) is 9.70. The Balaban J connectivity index is 1.13. The average Bonchev–Trinajstić information content (AvgIpc) is 3.45. The standard InChI is InChI=1S/C28H33N7O2/c1-17-15-35(28(36)21-5-4-6-21)18(2)14-34(17)16-20-9-10-29-23(11-20)13-26-31-24-8-7-22(12-25(24)32-26)27-30-19(3)33-37-27/h7-12,17-18,21H,4-6,13-16H2,1-3H3,(H,31,32)/t17-,18+/m0/s1. The van der Waals surface area contributed by atoms with Gasteiger partial charge in [0.05, 0.1) is 11.0 Å². The summed E-state index contributed by atoms with van der Waals surface area (Å²) in [5.41, 5.74) is 4.89. The van der Waals surface area contributed by atoms with E-state index in [1.165, 1.54) is 12.0 Å². The number of hydrogen-bond donors (Lipinski definition) is 1. The van der Waals surface area contributed by atoms with Crippen molar-refractivity contribution in [2.24, 2.45) is 5.92 Å². The highest BCUT2D eigenvalue weighted by Gasteiger charge is 2.36. The first-order valence-corrected chi connectivity index (χ1v) is 13.2. The number of nitrogens with one attached hydrogen (secondary N) is 1. The minimum Gasteiger partial charge on any atom is -0.342 e. The van der Waals surface area contributed by atoms with Crippen molar-refractivity contribution >= 4 is 16.9 Å². The van der Waals surface area contributed by atoms with E-state index in [2.05, 4.69) is 55.9 Å². The molecule has 1 aliphatic heterocycles. The predicted octanol–water partition coefficient (Wildman–Crippen LogP) is 4.13. The number of carbonyl (C=O) groups excluding carboxylic acids is 1. The van der Waals surface area contributed by atoms with Crippen LogP contribution in [0.3, 0.4) is 0 Å². The van der Waals surface area contributed by atoms with Gasteiger partial charge in [0.25, 0.3) is 5.89 Å². The lowest BCUT2D eigenvalue weighted by molar-refractivity contribution is -0.144. The molecule has 2 fully saturated rings. The molecule has 37 heavy (non-hydrogen) atoms. The number of H-pyrrole nitrogens is 1. The van der Waals surface area contributed by atoms with E-state index in [4.69, 9.17) is 9.51 Å². The first kappa shape index (κ1) is 23.8. The van der Waals surface area contributed by atoms with Crippen LogP contribution in [0.15, 0.2) is 41.1 Å². The Bertz CT molecular complexity index is 1420. The lowest BCUT2D eigenvalue weighted by Crippen LogP contribution is -2.59. The Hall–Kier alpha value is -3.59. The van der Waals surface area contributed by atoms with E-state index in [1.807, 2.05) is 24.4 Å². The van der Waals surface area contributed by atoms with Crippen molar-refractivity contribution in [2.45, 2.75) is 65.1 Å². The SMILES string of the molecule is Cc1noc(-c2ccc3nc(Cc4cc(CN5C[C@@H](C)N(C(=O)C6CCC6)C[C@@H]5C)ccn4)[nH]c3c2)n1. The zero-order valence-corrected chi connectivity index (χ0v) is 21.6. The van der Waals surface area contributed by atoms with E-state index in [-0.39, 0.29) is 12.0 Å². The fraction of sp³-hybridized carbons (Fsp3) is 0.464. The number of imidazole rings is 1. The highest BCUT2D eigenvalue weighted by atomic mass is 16.5. The molecule has 9 nitrogen and oxygen atoms in total. The summed E-state index contributed by atoms with van der Waals surface area (Å²) in [7, 11) is 0. The number of nitrogens with zero attached hydrogens (tertiary/aromatic N) is 6. The van der Waals surface area contributed by atoms with Gasteiger partial charge in [-0.05, 0) is 69.5 Å². The second-order valence-corrected chi connectivity index (χ2v) is 10.6. The van der Waals surface area contributed by atoms with Crippen molar-refractivity contribution in [3.8, 4) is 11.5 Å². The molecule has 0 unspecified atom stereocenters. The molecule has 1 saturated carbocycles. The van der Waals surface area contributed by atoms with Crippen LogP contribution in [0.2, 0.25) is 0 Å². The third-order valence-corrected chi connectivity index (χ3v) is 7.77. The number of hydrogen-bond acceptors (Lipinski definition) is 7. The fourth-order valence-electron chi connectivity index (χ4n) is 5.44. The summed E-state index contributed by atoms with van der Waals surface area (Å²) >= 11 is 0. The van der Waals surface area contributed by atoms with Crippen LogP contribution >= 0.6 is 0 Å². The minimum atomic E-state index is 0.238. The molecule has 1 amide bonds. The van der Waals surface area contributed by atoms with Gasteiger partial charge in [-0.3, -0.25) is 14.7 Å². The van der Waals surface area contributed by atoms with E-state index >= 15 is 0 Å². The van der Waals surface area contributed by atoms with E-state index in [1.54, 1.807) is 6.92 Å². The highest BCUT2D eigenvalue weighted by molar-refractivity contribution is 5.80. The molecular formula is C28H33N7O2. The summed E-state index contributed by atoms with van der Waals surface area (Å²) in [4.78, 5) is 34.6. The van der Waals surface area contributed by atoms with Crippen molar-refractivity contribution < 1.29 is 9.32 Å². The van der Waals surface area contributed by atoms with Crippen molar-refractivity contribution in [1.29, 1.82) is 0 Å². The Kier molecular flexibility index (Phi) is 6.24. The monoisotopic (exact) mass is 499 g/mol. The molecule has 1 saturated heterocycles. The molecule has 0 bridgehead atoms. The number of aryl methyl sites for hydroxylation is 1. The molecule has 2 atom stereocenters. The first-order valence-electron chi connectivity index (χ1n) is 13.2. The number of amides is 1. The predicted molar refractivity (Wildman–Crippen MR) is 140 cm³/mol. The van der Waals surface area contributed by atoms with Gasteiger partial charge in [0.2, 0.25) is 5.91 Å². The van der Waals surface area contributed by atoms with Gasteiger partial charge in [-0.25, -0.2) is 4.98 Å². The summed E-state index contributed by atoms with van der Waals surface area (Å²) in [6.45, 7) is 8.76. The summed E-state index contributed by atoms with van der Waals surface area (Å²) in [5.74, 6) is 2.60. The van der Waals surface area contributed by atoms with Gasteiger partial charge < -0.3 is 14.4 Å². The summed E-state index contributed by atoms with van der Waals surface area (Å²) in [5, 5.41) is 3.88. The van der Waals surface area contributed by atoms with Crippen LogP contribution in [0.4, 0.5) is 0 Å². The molecule has 1 N–H and O–H groups in total. The number of aromatic nitrogens is 5. The first-order chi connectivity index (χ1) is 17.9. The van der Waals surface area contributed by atoms with Gasteiger partial charge >= 0.3 is 0 Å². The van der Waals surface area contributed by atoms with Crippen molar-refractivity contribution in [2.75, 3.05) is 13.1 Å². The molecule has 192 valence electrons. The van der Waals surface area contributed by atoms with Gasteiger partial charge in [-0.1, -0.05) is 11.6 Å². The third-order valence-electron chi connectivity index (χ3n) is 7.77. The van der Waals surface area contributed by atoms with Crippen molar-refractivity contribution in [3.63, 3.8) is 0 Å². The molecule has 4 heterocycles. The number of benzene rings is 1. The summed E-state index contributed by atoms with van der Waals surface area (Å²) in [6.07, 6.45) is 5.82. The lowest BCUT2D eigenvalue weighted by atomic mass is 9.83. The fourth-order valence-corrected chi connectivity index (χ4v) is 5.44. The van der Waals surface area contributed by atoms with Crippen LogP contribution in [-0.2, 0) is 17.8 Å². The number of fused-ring (bicyclic) bond motifs is 1. The van der Waals surface area contributed by atoms with E-state index in [9.17, 15) is 4.79 Å². The lowest BCUT2D eigenvalue weighted by Gasteiger charge is -2.46.